The maximum absolute atomic E-state index is 11.8. The summed E-state index contributed by atoms with van der Waals surface area (Å²) >= 11 is 0. The summed E-state index contributed by atoms with van der Waals surface area (Å²) in [6, 6.07) is 5.28. The standard InChI is InChI=1S/C12H13N5O/c1-2-13-11-8-15-9(7-16-11)12(18)17-10-5-3-4-6-14-10/h3-8H,2H2,1H3,(H,13,16)(H,14,17,18). The summed E-state index contributed by atoms with van der Waals surface area (Å²) in [5, 5.41) is 5.64. The predicted molar refractivity (Wildman–Crippen MR) is 68.4 cm³/mol. The molecule has 0 aliphatic rings. The van der Waals surface area contributed by atoms with Gasteiger partial charge in [-0.15, -0.1) is 0 Å². The molecule has 0 bridgehead atoms. The monoisotopic (exact) mass is 243 g/mol. The van der Waals surface area contributed by atoms with E-state index in [0.717, 1.165) is 6.54 Å². The van der Waals surface area contributed by atoms with E-state index in [1.54, 1.807) is 24.4 Å². The van der Waals surface area contributed by atoms with Crippen molar-refractivity contribution in [2.45, 2.75) is 6.92 Å². The van der Waals surface area contributed by atoms with Crippen molar-refractivity contribution in [2.75, 3.05) is 17.2 Å². The third-order valence-electron chi connectivity index (χ3n) is 2.15. The SMILES string of the molecule is CCNc1cnc(C(=O)Nc2ccccn2)cn1. The van der Waals surface area contributed by atoms with Gasteiger partial charge in [-0.2, -0.15) is 0 Å². The van der Waals surface area contributed by atoms with E-state index in [1.807, 2.05) is 6.92 Å². The number of anilines is 2. The number of carbonyl (C=O) groups is 1. The number of nitrogens with zero attached hydrogens (tertiary/aromatic N) is 3. The average molecular weight is 243 g/mol. The van der Waals surface area contributed by atoms with Crippen molar-refractivity contribution >= 4 is 17.5 Å². The van der Waals surface area contributed by atoms with Crippen LogP contribution in [0.1, 0.15) is 17.4 Å². The van der Waals surface area contributed by atoms with E-state index < -0.39 is 0 Å². The van der Waals surface area contributed by atoms with Gasteiger partial charge in [-0.05, 0) is 19.1 Å². The largest absolute Gasteiger partial charge is 0.369 e. The molecule has 0 aliphatic heterocycles. The number of hydrogen-bond acceptors (Lipinski definition) is 5. The number of aromatic nitrogens is 3. The van der Waals surface area contributed by atoms with Gasteiger partial charge in [-0.1, -0.05) is 6.07 Å². The van der Waals surface area contributed by atoms with Gasteiger partial charge < -0.3 is 10.6 Å². The normalized spacial score (nSPS) is 9.83. The zero-order valence-electron chi connectivity index (χ0n) is 9.92. The van der Waals surface area contributed by atoms with Crippen LogP contribution in [0, 0.1) is 0 Å². The fraction of sp³-hybridized carbons (Fsp3) is 0.167. The molecule has 18 heavy (non-hydrogen) atoms. The number of nitrogens with one attached hydrogen (secondary N) is 2. The van der Waals surface area contributed by atoms with Gasteiger partial charge in [-0.3, -0.25) is 4.79 Å². The molecule has 0 unspecified atom stereocenters. The number of amides is 1. The minimum absolute atomic E-state index is 0.252. The van der Waals surface area contributed by atoms with E-state index in [9.17, 15) is 4.79 Å². The molecule has 0 aliphatic carbocycles. The molecule has 0 radical (unpaired) electrons. The van der Waals surface area contributed by atoms with Crippen molar-refractivity contribution < 1.29 is 4.79 Å². The van der Waals surface area contributed by atoms with Gasteiger partial charge in [0.05, 0.1) is 12.4 Å². The summed E-state index contributed by atoms with van der Waals surface area (Å²) in [4.78, 5) is 23.9. The summed E-state index contributed by atoms with van der Waals surface area (Å²) in [5.41, 5.74) is 0.252. The van der Waals surface area contributed by atoms with Crippen LogP contribution < -0.4 is 10.6 Å². The van der Waals surface area contributed by atoms with Crippen molar-refractivity contribution in [2.24, 2.45) is 0 Å². The molecule has 6 heteroatoms. The first-order chi connectivity index (χ1) is 8.79. The Kier molecular flexibility index (Phi) is 3.80. The second-order valence-corrected chi connectivity index (χ2v) is 3.49. The molecule has 92 valence electrons. The van der Waals surface area contributed by atoms with E-state index in [2.05, 4.69) is 25.6 Å². The molecule has 0 saturated heterocycles. The molecule has 0 saturated carbocycles. The van der Waals surface area contributed by atoms with E-state index in [4.69, 9.17) is 0 Å². The molecule has 0 aromatic carbocycles. The van der Waals surface area contributed by atoms with Crippen LogP contribution in [0.3, 0.4) is 0 Å². The lowest BCUT2D eigenvalue weighted by Gasteiger charge is -2.04. The predicted octanol–water partition coefficient (Wildman–Crippen LogP) is 1.56. The lowest BCUT2D eigenvalue weighted by atomic mass is 10.4. The molecule has 2 aromatic heterocycles. The molecule has 2 aromatic rings. The summed E-state index contributed by atoms with van der Waals surface area (Å²) in [7, 11) is 0. The minimum Gasteiger partial charge on any atom is -0.369 e. The van der Waals surface area contributed by atoms with Crippen molar-refractivity contribution in [3.05, 3.63) is 42.5 Å². The van der Waals surface area contributed by atoms with Crippen molar-refractivity contribution in [1.29, 1.82) is 0 Å². The zero-order chi connectivity index (χ0) is 12.8. The van der Waals surface area contributed by atoms with Gasteiger partial charge in [0.15, 0.2) is 0 Å². The Balaban J connectivity index is 2.05. The highest BCUT2D eigenvalue weighted by Gasteiger charge is 2.08. The van der Waals surface area contributed by atoms with Crippen LogP contribution in [0.2, 0.25) is 0 Å². The van der Waals surface area contributed by atoms with Gasteiger partial charge in [0.2, 0.25) is 0 Å². The Labute approximate surface area is 105 Å². The van der Waals surface area contributed by atoms with Crippen LogP contribution in [-0.2, 0) is 0 Å². The molecule has 0 spiro atoms. The Morgan fingerprint density at radius 2 is 2.06 bits per heavy atom. The Morgan fingerprint density at radius 1 is 1.17 bits per heavy atom. The lowest BCUT2D eigenvalue weighted by molar-refractivity contribution is 0.102. The summed E-state index contributed by atoms with van der Waals surface area (Å²) in [5.74, 6) is 0.802. The highest BCUT2D eigenvalue weighted by atomic mass is 16.1. The van der Waals surface area contributed by atoms with Gasteiger partial charge in [0.25, 0.3) is 5.91 Å². The van der Waals surface area contributed by atoms with Crippen LogP contribution in [0.15, 0.2) is 36.8 Å². The quantitative estimate of drug-likeness (QED) is 0.851. The fourth-order valence-electron chi connectivity index (χ4n) is 1.33. The maximum Gasteiger partial charge on any atom is 0.277 e. The number of rotatable bonds is 4. The Morgan fingerprint density at radius 3 is 2.67 bits per heavy atom. The van der Waals surface area contributed by atoms with Gasteiger partial charge in [-0.25, -0.2) is 15.0 Å². The first kappa shape index (κ1) is 12.0. The highest BCUT2D eigenvalue weighted by molar-refractivity contribution is 6.02. The van der Waals surface area contributed by atoms with Crippen LogP contribution >= 0.6 is 0 Å². The van der Waals surface area contributed by atoms with Crippen molar-refractivity contribution in [3.8, 4) is 0 Å². The third kappa shape index (κ3) is 3.00. The molecule has 6 nitrogen and oxygen atoms in total. The fourth-order valence-corrected chi connectivity index (χ4v) is 1.33. The van der Waals surface area contributed by atoms with E-state index in [-0.39, 0.29) is 11.6 Å². The first-order valence-electron chi connectivity index (χ1n) is 5.58. The molecule has 0 fully saturated rings. The summed E-state index contributed by atoms with van der Waals surface area (Å²) in [6.07, 6.45) is 4.56. The van der Waals surface area contributed by atoms with E-state index in [0.29, 0.717) is 11.6 Å². The molecule has 2 heterocycles. The number of hydrogen-bond donors (Lipinski definition) is 2. The summed E-state index contributed by atoms with van der Waals surface area (Å²) in [6.45, 7) is 2.72. The molecular weight excluding hydrogens is 230 g/mol. The second kappa shape index (κ2) is 5.72. The zero-order valence-corrected chi connectivity index (χ0v) is 9.92. The van der Waals surface area contributed by atoms with Crippen LogP contribution in [0.25, 0.3) is 0 Å². The first-order valence-corrected chi connectivity index (χ1v) is 5.58. The smallest absolute Gasteiger partial charge is 0.277 e. The van der Waals surface area contributed by atoms with Gasteiger partial charge in [0, 0.05) is 12.7 Å². The number of carbonyl (C=O) groups excluding carboxylic acids is 1. The third-order valence-corrected chi connectivity index (χ3v) is 2.15. The topological polar surface area (TPSA) is 79.8 Å². The molecule has 2 N–H and O–H groups in total. The van der Waals surface area contributed by atoms with Crippen molar-refractivity contribution in [3.63, 3.8) is 0 Å². The van der Waals surface area contributed by atoms with E-state index >= 15 is 0 Å². The maximum atomic E-state index is 11.8. The Hall–Kier alpha value is -2.50. The second-order valence-electron chi connectivity index (χ2n) is 3.49. The van der Waals surface area contributed by atoms with Crippen molar-refractivity contribution in [1.82, 2.24) is 15.0 Å². The minimum atomic E-state index is -0.329. The van der Waals surface area contributed by atoms with Gasteiger partial charge in [0.1, 0.15) is 17.3 Å². The molecule has 0 atom stereocenters. The highest BCUT2D eigenvalue weighted by Crippen LogP contribution is 2.05. The van der Waals surface area contributed by atoms with Crippen LogP contribution in [-0.4, -0.2) is 27.4 Å². The van der Waals surface area contributed by atoms with Crippen LogP contribution in [0.5, 0.6) is 0 Å². The van der Waals surface area contributed by atoms with Gasteiger partial charge >= 0.3 is 0 Å². The summed E-state index contributed by atoms with van der Waals surface area (Å²) < 4.78 is 0. The van der Waals surface area contributed by atoms with E-state index in [1.165, 1.54) is 12.4 Å². The molecule has 2 rings (SSSR count). The molecule has 1 amide bonds. The number of pyridine rings is 1. The lowest BCUT2D eigenvalue weighted by Crippen LogP contribution is -2.15. The molecular formula is C12H13N5O. The van der Waals surface area contributed by atoms with Crippen LogP contribution in [0.4, 0.5) is 11.6 Å². The Bertz CT molecular complexity index is 512. The average Bonchev–Trinajstić information content (AvgIpc) is 2.41.